The Morgan fingerprint density at radius 1 is 1.28 bits per heavy atom. The fourth-order valence-electron chi connectivity index (χ4n) is 3.02. The largest absolute Gasteiger partial charge is 0.349 e. The molecule has 0 saturated heterocycles. The van der Waals surface area contributed by atoms with Crippen molar-refractivity contribution in [1.82, 2.24) is 20.2 Å². The van der Waals surface area contributed by atoms with E-state index >= 15 is 0 Å². The molecule has 0 spiro atoms. The molecule has 1 amide bonds. The maximum absolute atomic E-state index is 12.8. The number of carbonyl (C=O) groups is 1. The summed E-state index contributed by atoms with van der Waals surface area (Å²) < 4.78 is 0. The van der Waals surface area contributed by atoms with Crippen molar-refractivity contribution in [2.75, 3.05) is 20.6 Å². The number of hydrogen-bond acceptors (Lipinski definition) is 6. The minimum Gasteiger partial charge on any atom is -0.349 e. The average Bonchev–Trinajstić information content (AvgIpc) is 3.15. The highest BCUT2D eigenvalue weighted by atomic mass is 32.1. The van der Waals surface area contributed by atoms with Gasteiger partial charge in [-0.1, -0.05) is 0 Å². The molecule has 0 bridgehead atoms. The number of hydrogen-bond donors (Lipinski definition) is 1. The zero-order valence-corrected chi connectivity index (χ0v) is 16.7. The van der Waals surface area contributed by atoms with Gasteiger partial charge in [0.15, 0.2) is 0 Å². The van der Waals surface area contributed by atoms with Crippen molar-refractivity contribution in [3.05, 3.63) is 44.3 Å². The lowest BCUT2D eigenvalue weighted by molar-refractivity contribution is 0.0945. The molecule has 25 heavy (non-hydrogen) atoms. The van der Waals surface area contributed by atoms with Crippen LogP contribution in [-0.2, 0) is 0 Å². The number of fused-ring (bicyclic) bond motifs is 1. The van der Waals surface area contributed by atoms with Crippen LogP contribution in [0.3, 0.4) is 0 Å². The molecule has 0 fully saturated rings. The summed E-state index contributed by atoms with van der Waals surface area (Å²) in [6.45, 7) is 6.39. The van der Waals surface area contributed by atoms with Crippen LogP contribution in [0.15, 0.2) is 16.8 Å². The van der Waals surface area contributed by atoms with Crippen LogP contribution in [0.2, 0.25) is 0 Å². The van der Waals surface area contributed by atoms with Gasteiger partial charge in [0.2, 0.25) is 0 Å². The summed E-state index contributed by atoms with van der Waals surface area (Å²) in [7, 11) is 4.06. The molecule has 0 unspecified atom stereocenters. The zero-order chi connectivity index (χ0) is 18.1. The molecule has 0 radical (unpaired) electrons. The zero-order valence-electron chi connectivity index (χ0n) is 15.1. The third-order valence-electron chi connectivity index (χ3n) is 4.30. The summed E-state index contributed by atoms with van der Waals surface area (Å²) in [5, 5.41) is 8.28. The minimum atomic E-state index is -0.0420. The van der Waals surface area contributed by atoms with Crippen molar-refractivity contribution in [2.45, 2.75) is 26.8 Å². The number of aromatic nitrogens is 2. The number of carbonyl (C=O) groups excluding carboxylic acids is 1. The number of amides is 1. The molecule has 5 nitrogen and oxygen atoms in total. The first-order chi connectivity index (χ1) is 11.9. The number of aryl methyl sites for hydroxylation is 3. The molecule has 3 aromatic heterocycles. The van der Waals surface area contributed by atoms with Gasteiger partial charge >= 0.3 is 0 Å². The van der Waals surface area contributed by atoms with Gasteiger partial charge in [-0.15, -0.1) is 11.3 Å². The van der Waals surface area contributed by atoms with E-state index in [0.717, 1.165) is 32.2 Å². The van der Waals surface area contributed by atoms with Crippen LogP contribution in [0.4, 0.5) is 0 Å². The van der Waals surface area contributed by atoms with Gasteiger partial charge in [0.1, 0.15) is 10.7 Å². The maximum Gasteiger partial charge on any atom is 0.261 e. The molecule has 0 aliphatic rings. The number of nitrogens with one attached hydrogen (secondary N) is 1. The van der Waals surface area contributed by atoms with E-state index in [-0.39, 0.29) is 11.9 Å². The van der Waals surface area contributed by atoms with Gasteiger partial charge in [0, 0.05) is 17.6 Å². The molecule has 3 heterocycles. The topological polar surface area (TPSA) is 58.1 Å². The molecule has 3 rings (SSSR count). The van der Waals surface area contributed by atoms with Crippen LogP contribution in [0.1, 0.15) is 38.4 Å². The summed E-state index contributed by atoms with van der Waals surface area (Å²) >= 11 is 3.11. The predicted molar refractivity (Wildman–Crippen MR) is 105 cm³/mol. The summed E-state index contributed by atoms with van der Waals surface area (Å²) in [6.07, 6.45) is 0. The Balaban J connectivity index is 1.83. The van der Waals surface area contributed by atoms with Crippen molar-refractivity contribution in [2.24, 2.45) is 0 Å². The molecule has 1 atom stereocenters. The lowest BCUT2D eigenvalue weighted by atomic mass is 10.1. The highest BCUT2D eigenvalue weighted by Gasteiger charge is 2.21. The van der Waals surface area contributed by atoms with Crippen molar-refractivity contribution in [1.29, 1.82) is 0 Å². The van der Waals surface area contributed by atoms with E-state index < -0.39 is 0 Å². The first kappa shape index (κ1) is 18.0. The molecule has 1 N–H and O–H groups in total. The third kappa shape index (κ3) is 3.58. The lowest BCUT2D eigenvalue weighted by Gasteiger charge is -2.23. The molecule has 0 aliphatic carbocycles. The number of likely N-dealkylation sites (N-methyl/N-ethyl adjacent to an activating group) is 1. The summed E-state index contributed by atoms with van der Waals surface area (Å²) in [5.74, 6) is 0.697. The highest BCUT2D eigenvalue weighted by molar-refractivity contribution is 7.20. The second kappa shape index (κ2) is 7.19. The molecule has 0 aliphatic heterocycles. The van der Waals surface area contributed by atoms with Crippen molar-refractivity contribution in [3.8, 4) is 0 Å². The van der Waals surface area contributed by atoms with Gasteiger partial charge in [0.25, 0.3) is 5.91 Å². The van der Waals surface area contributed by atoms with Crippen molar-refractivity contribution >= 4 is 38.8 Å². The monoisotopic (exact) mass is 374 g/mol. The van der Waals surface area contributed by atoms with E-state index in [9.17, 15) is 4.79 Å². The van der Waals surface area contributed by atoms with E-state index in [0.29, 0.717) is 6.54 Å². The van der Waals surface area contributed by atoms with E-state index in [4.69, 9.17) is 0 Å². The third-order valence-corrected chi connectivity index (χ3v) is 6.18. The van der Waals surface area contributed by atoms with Gasteiger partial charge in [-0.05, 0) is 62.8 Å². The van der Waals surface area contributed by atoms with Crippen molar-refractivity contribution in [3.63, 3.8) is 0 Å². The number of rotatable bonds is 5. The second-order valence-electron chi connectivity index (χ2n) is 6.34. The second-order valence-corrected chi connectivity index (χ2v) is 8.12. The summed E-state index contributed by atoms with van der Waals surface area (Å²) in [6, 6.07) is 2.27. The van der Waals surface area contributed by atoms with E-state index in [1.807, 2.05) is 34.9 Å². The Kier molecular flexibility index (Phi) is 5.17. The summed E-state index contributed by atoms with van der Waals surface area (Å²) in [5.41, 5.74) is 3.12. The van der Waals surface area contributed by atoms with Crippen LogP contribution < -0.4 is 5.32 Å². The highest BCUT2D eigenvalue weighted by Crippen LogP contribution is 2.31. The van der Waals surface area contributed by atoms with Crippen LogP contribution in [0.5, 0.6) is 0 Å². The molecule has 3 aromatic rings. The molecule has 0 saturated carbocycles. The number of thiophene rings is 2. The molecule has 132 valence electrons. The Morgan fingerprint density at radius 2 is 2.04 bits per heavy atom. The van der Waals surface area contributed by atoms with E-state index in [2.05, 4.69) is 37.0 Å². The first-order valence-corrected chi connectivity index (χ1v) is 9.85. The van der Waals surface area contributed by atoms with Gasteiger partial charge in [-0.2, -0.15) is 11.3 Å². The molecular weight excluding hydrogens is 352 g/mol. The predicted octanol–water partition coefficient (Wildman–Crippen LogP) is 3.71. The average molecular weight is 375 g/mol. The molecule has 0 aromatic carbocycles. The number of nitrogens with zero attached hydrogens (tertiary/aromatic N) is 3. The van der Waals surface area contributed by atoms with Gasteiger partial charge in [-0.3, -0.25) is 4.79 Å². The SMILES string of the molecule is Cc1nc(C)c2c(C)c(C(=O)NC[C@@H](c3ccsc3)N(C)C)sc2n1. The first-order valence-electron chi connectivity index (χ1n) is 8.09. The van der Waals surface area contributed by atoms with Crippen LogP contribution >= 0.6 is 22.7 Å². The molecular formula is C18H22N4OS2. The maximum atomic E-state index is 12.8. The Bertz CT molecular complexity index is 900. The van der Waals surface area contributed by atoms with E-state index in [1.54, 1.807) is 11.3 Å². The Hall–Kier alpha value is -1.83. The lowest BCUT2D eigenvalue weighted by Crippen LogP contribution is -2.34. The quantitative estimate of drug-likeness (QED) is 0.740. The van der Waals surface area contributed by atoms with E-state index in [1.165, 1.54) is 16.9 Å². The van der Waals surface area contributed by atoms with Crippen LogP contribution in [0.25, 0.3) is 10.2 Å². The molecule has 7 heteroatoms. The summed E-state index contributed by atoms with van der Waals surface area (Å²) in [4.78, 5) is 25.4. The van der Waals surface area contributed by atoms with Crippen molar-refractivity contribution < 1.29 is 4.79 Å². The van der Waals surface area contributed by atoms with Gasteiger partial charge in [0.05, 0.1) is 10.9 Å². The van der Waals surface area contributed by atoms with Crippen LogP contribution in [-0.4, -0.2) is 41.4 Å². The van der Waals surface area contributed by atoms with Crippen LogP contribution in [0, 0.1) is 20.8 Å². The Morgan fingerprint density at radius 3 is 2.68 bits per heavy atom. The van der Waals surface area contributed by atoms with Gasteiger partial charge in [-0.25, -0.2) is 9.97 Å². The fourth-order valence-corrected chi connectivity index (χ4v) is 4.92. The minimum absolute atomic E-state index is 0.0420. The standard InChI is InChI=1S/C18H22N4OS2/c1-10-15-11(2)20-12(3)21-18(15)25-16(10)17(23)19-8-14(22(4)5)13-6-7-24-9-13/h6-7,9,14H,8H2,1-5H3,(H,19,23)/t14-/m0/s1. The van der Waals surface area contributed by atoms with Gasteiger partial charge < -0.3 is 10.2 Å². The normalized spacial score (nSPS) is 12.7. The Labute approximate surface area is 155 Å². The fraction of sp³-hybridized carbons (Fsp3) is 0.389. The smallest absolute Gasteiger partial charge is 0.261 e.